The first-order valence-corrected chi connectivity index (χ1v) is 10.8. The van der Waals surface area contributed by atoms with E-state index in [4.69, 9.17) is 4.74 Å². The maximum atomic E-state index is 13.7. The Bertz CT molecular complexity index is 1200. The van der Waals surface area contributed by atoms with Gasteiger partial charge in [-0.05, 0) is 37.8 Å². The van der Waals surface area contributed by atoms with Crippen molar-refractivity contribution in [3.8, 4) is 17.3 Å². The summed E-state index contributed by atoms with van der Waals surface area (Å²) in [5, 5.41) is 0. The normalized spacial score (nSPS) is 23.9. The molecule has 0 radical (unpaired) electrons. The summed E-state index contributed by atoms with van der Waals surface area (Å²) in [4.78, 5) is 27.3. The fourth-order valence-electron chi connectivity index (χ4n) is 4.92. The first kappa shape index (κ1) is 22.2. The van der Waals surface area contributed by atoms with E-state index >= 15 is 0 Å². The standard InChI is InChI=1S/C24H20F4N4O2/c1-13-14-8-19(20(9-14)34-21-7-6-15(10-29-21)24(26,27)28)32(13)23(33)18-5-3-2-4-17(18)22-30-11-16(25)12-31-22/h2-7,10-14,19-20H,8-9H2,1H3/t13-,14-,19+,20-/m0/s1. The number of benzene rings is 1. The first-order chi connectivity index (χ1) is 16.2. The third-order valence-electron chi connectivity index (χ3n) is 6.58. The Labute approximate surface area is 192 Å². The smallest absolute Gasteiger partial charge is 0.417 e. The maximum Gasteiger partial charge on any atom is 0.417 e. The molecule has 6 nitrogen and oxygen atoms in total. The number of ether oxygens (including phenoxy) is 1. The van der Waals surface area contributed by atoms with E-state index in [9.17, 15) is 22.4 Å². The summed E-state index contributed by atoms with van der Waals surface area (Å²) < 4.78 is 57.7. The molecule has 0 spiro atoms. The van der Waals surface area contributed by atoms with Gasteiger partial charge in [0, 0.05) is 23.9 Å². The van der Waals surface area contributed by atoms with E-state index < -0.39 is 17.6 Å². The molecular formula is C24H20F4N4O2. The molecule has 0 unspecified atom stereocenters. The lowest BCUT2D eigenvalue weighted by Gasteiger charge is -2.38. The number of fused-ring (bicyclic) bond motifs is 2. The van der Waals surface area contributed by atoms with Crippen molar-refractivity contribution in [2.45, 2.75) is 44.1 Å². The minimum atomic E-state index is -4.47. The molecule has 1 aliphatic heterocycles. The summed E-state index contributed by atoms with van der Waals surface area (Å²) in [7, 11) is 0. The highest BCUT2D eigenvalue weighted by Crippen LogP contribution is 2.45. The number of likely N-dealkylation sites (tertiary alicyclic amines) is 1. The van der Waals surface area contributed by atoms with Crippen molar-refractivity contribution in [3.63, 3.8) is 0 Å². The number of carbonyl (C=O) groups excluding carboxylic acids is 1. The van der Waals surface area contributed by atoms with Crippen LogP contribution in [0.15, 0.2) is 55.0 Å². The second-order valence-corrected chi connectivity index (χ2v) is 8.56. The molecule has 1 aromatic carbocycles. The predicted octanol–water partition coefficient (Wildman–Crippen LogP) is 4.77. The first-order valence-electron chi connectivity index (χ1n) is 10.8. The zero-order chi connectivity index (χ0) is 24.0. The van der Waals surface area contributed by atoms with Crippen molar-refractivity contribution in [2.24, 2.45) is 5.92 Å². The van der Waals surface area contributed by atoms with Gasteiger partial charge in [0.05, 0.1) is 29.6 Å². The van der Waals surface area contributed by atoms with Crippen molar-refractivity contribution >= 4 is 5.91 Å². The van der Waals surface area contributed by atoms with Crippen molar-refractivity contribution < 1.29 is 27.1 Å². The maximum absolute atomic E-state index is 13.7. The topological polar surface area (TPSA) is 68.2 Å². The number of piperidine rings is 1. The summed E-state index contributed by atoms with van der Waals surface area (Å²) in [5.74, 6) is -0.274. The molecule has 1 saturated heterocycles. The largest absolute Gasteiger partial charge is 0.472 e. The van der Waals surface area contributed by atoms with E-state index in [1.165, 1.54) is 6.07 Å². The lowest BCUT2D eigenvalue weighted by atomic mass is 9.97. The van der Waals surface area contributed by atoms with Crippen molar-refractivity contribution in [2.75, 3.05) is 0 Å². The zero-order valence-corrected chi connectivity index (χ0v) is 18.0. The van der Waals surface area contributed by atoms with E-state index in [2.05, 4.69) is 15.0 Å². The Hall–Kier alpha value is -3.56. The molecule has 0 N–H and O–H groups in total. The van der Waals surface area contributed by atoms with Crippen LogP contribution in [-0.2, 0) is 6.18 Å². The van der Waals surface area contributed by atoms with Crippen molar-refractivity contribution in [1.82, 2.24) is 19.9 Å². The monoisotopic (exact) mass is 472 g/mol. The number of amides is 1. The third-order valence-corrected chi connectivity index (χ3v) is 6.58. The molecule has 34 heavy (non-hydrogen) atoms. The van der Waals surface area contributed by atoms with E-state index in [-0.39, 0.29) is 41.7 Å². The van der Waals surface area contributed by atoms with Crippen molar-refractivity contribution in [1.29, 1.82) is 0 Å². The molecule has 3 aromatic rings. The van der Waals surface area contributed by atoms with Crippen LogP contribution in [0.2, 0.25) is 0 Å². The molecule has 2 fully saturated rings. The van der Waals surface area contributed by atoms with Crippen LogP contribution in [0, 0.1) is 11.7 Å². The lowest BCUT2D eigenvalue weighted by Crippen LogP contribution is -2.51. The van der Waals surface area contributed by atoms with Crippen LogP contribution in [0.5, 0.6) is 5.88 Å². The number of alkyl halides is 3. The van der Waals surface area contributed by atoms with Crippen LogP contribution < -0.4 is 4.74 Å². The summed E-state index contributed by atoms with van der Waals surface area (Å²) in [5.41, 5.74) is 0.0297. The van der Waals surface area contributed by atoms with Crippen molar-refractivity contribution in [3.05, 3.63) is 71.9 Å². The molecular weight excluding hydrogens is 452 g/mol. The fourth-order valence-corrected chi connectivity index (χ4v) is 4.92. The summed E-state index contributed by atoms with van der Waals surface area (Å²) >= 11 is 0. The molecule has 10 heteroatoms. The van der Waals surface area contributed by atoms with E-state index in [0.717, 1.165) is 31.1 Å². The number of hydrogen-bond donors (Lipinski definition) is 0. The van der Waals surface area contributed by atoms with Gasteiger partial charge in [0.15, 0.2) is 11.6 Å². The number of rotatable bonds is 4. The molecule has 3 heterocycles. The highest BCUT2D eigenvalue weighted by molar-refractivity contribution is 6.00. The summed E-state index contributed by atoms with van der Waals surface area (Å²) in [6.45, 7) is 1.98. The average molecular weight is 472 g/mol. The quantitative estimate of drug-likeness (QED) is 0.512. The van der Waals surface area contributed by atoms with Gasteiger partial charge < -0.3 is 9.64 Å². The van der Waals surface area contributed by atoms with E-state index in [1.54, 1.807) is 29.2 Å². The van der Waals surface area contributed by atoms with Gasteiger partial charge in [-0.1, -0.05) is 18.2 Å². The van der Waals surface area contributed by atoms with Gasteiger partial charge in [-0.25, -0.2) is 19.3 Å². The van der Waals surface area contributed by atoms with Gasteiger partial charge in [0.1, 0.15) is 6.10 Å². The number of nitrogens with zero attached hydrogens (tertiary/aromatic N) is 4. The number of hydrogen-bond acceptors (Lipinski definition) is 5. The molecule has 1 saturated carbocycles. The zero-order valence-electron chi connectivity index (χ0n) is 18.0. The fraction of sp³-hybridized carbons (Fsp3) is 0.333. The molecule has 4 atom stereocenters. The Kier molecular flexibility index (Phi) is 5.45. The third kappa shape index (κ3) is 3.97. The second kappa shape index (κ2) is 8.34. The molecule has 2 aromatic heterocycles. The van der Waals surface area contributed by atoms with E-state index in [1.807, 2.05) is 6.92 Å². The highest BCUT2D eigenvalue weighted by Gasteiger charge is 2.53. The Morgan fingerprint density at radius 2 is 1.76 bits per heavy atom. The van der Waals surface area contributed by atoms with E-state index in [0.29, 0.717) is 17.5 Å². The van der Waals surface area contributed by atoms with Crippen LogP contribution in [-0.4, -0.2) is 43.9 Å². The van der Waals surface area contributed by atoms with Crippen LogP contribution in [0.25, 0.3) is 11.4 Å². The van der Waals surface area contributed by atoms with Crippen LogP contribution in [0.3, 0.4) is 0 Å². The Balaban J connectivity index is 1.39. The Morgan fingerprint density at radius 3 is 2.41 bits per heavy atom. The number of aromatic nitrogens is 3. The van der Waals surface area contributed by atoms with Gasteiger partial charge in [-0.2, -0.15) is 13.2 Å². The number of pyridine rings is 1. The van der Waals surface area contributed by atoms with Gasteiger partial charge in [-0.3, -0.25) is 4.79 Å². The minimum absolute atomic E-state index is 0.0416. The highest BCUT2D eigenvalue weighted by atomic mass is 19.4. The van der Waals surface area contributed by atoms with Gasteiger partial charge in [0.25, 0.3) is 5.91 Å². The molecule has 2 aliphatic rings. The predicted molar refractivity (Wildman–Crippen MR) is 113 cm³/mol. The second-order valence-electron chi connectivity index (χ2n) is 8.56. The van der Waals surface area contributed by atoms with Crippen LogP contribution in [0.4, 0.5) is 17.6 Å². The van der Waals surface area contributed by atoms with Gasteiger partial charge in [0.2, 0.25) is 5.88 Å². The molecule has 1 amide bonds. The molecule has 1 aliphatic carbocycles. The summed E-state index contributed by atoms with van der Waals surface area (Å²) in [6, 6.07) is 8.71. The minimum Gasteiger partial charge on any atom is -0.472 e. The van der Waals surface area contributed by atoms with Gasteiger partial charge >= 0.3 is 6.18 Å². The molecule has 5 rings (SSSR count). The molecule has 176 valence electrons. The van der Waals surface area contributed by atoms with Crippen LogP contribution in [0.1, 0.15) is 35.7 Å². The average Bonchev–Trinajstić information content (AvgIpc) is 3.36. The van der Waals surface area contributed by atoms with Gasteiger partial charge in [-0.15, -0.1) is 0 Å². The lowest BCUT2D eigenvalue weighted by molar-refractivity contribution is -0.137. The summed E-state index contributed by atoms with van der Waals surface area (Å²) in [6.07, 6.45) is -0.612. The molecule has 2 bridgehead atoms. The van der Waals surface area contributed by atoms with Crippen LogP contribution >= 0.6 is 0 Å². The number of halogens is 4. The number of carbonyl (C=O) groups is 1. The SMILES string of the molecule is C[C@H]1[C@@H]2C[C@H](Oc3ccc(C(F)(F)F)cn3)[C@@H](C2)N1C(=O)c1ccccc1-c1ncc(F)cn1. The Morgan fingerprint density at radius 1 is 1.03 bits per heavy atom.